The summed E-state index contributed by atoms with van der Waals surface area (Å²) < 4.78 is 0. The van der Waals surface area contributed by atoms with Crippen molar-refractivity contribution >= 4 is 64.2 Å². The van der Waals surface area contributed by atoms with Crippen LogP contribution in [0.1, 0.15) is 5.56 Å². The average Bonchev–Trinajstić information content (AvgIpc) is 2.78. The summed E-state index contributed by atoms with van der Waals surface area (Å²) in [5.41, 5.74) is 0.906. The summed E-state index contributed by atoms with van der Waals surface area (Å²) in [7, 11) is 0. The highest BCUT2D eigenvalue weighted by molar-refractivity contribution is 7.99. The third kappa shape index (κ3) is 5.87. The number of carbonyl (C=O) groups is 1. The third-order valence-corrected chi connectivity index (χ3v) is 7.09. The highest BCUT2D eigenvalue weighted by atomic mass is 35.5. The van der Waals surface area contributed by atoms with Crippen LogP contribution in [0.25, 0.3) is 0 Å². The lowest BCUT2D eigenvalue weighted by Gasteiger charge is -2.37. The number of rotatable bonds is 5. The second-order valence-corrected chi connectivity index (χ2v) is 9.74. The summed E-state index contributed by atoms with van der Waals surface area (Å²) in [4.78, 5) is 25.7. The number of benzene rings is 1. The number of amides is 1. The Morgan fingerprint density at radius 1 is 1.16 bits per heavy atom. The van der Waals surface area contributed by atoms with Crippen LogP contribution >= 0.6 is 46.6 Å². The summed E-state index contributed by atoms with van der Waals surface area (Å²) in [6, 6.07) is 6.98. The summed E-state index contributed by atoms with van der Waals surface area (Å²) in [5.74, 6) is 3.24. The van der Waals surface area contributed by atoms with E-state index in [0.717, 1.165) is 23.6 Å². The molecule has 2 N–H and O–H groups in total. The summed E-state index contributed by atoms with van der Waals surface area (Å²) in [6.45, 7) is 3.97. The average molecular weight is 502 g/mol. The molecule has 0 radical (unpaired) electrons. The zero-order chi connectivity index (χ0) is 21.8. The maximum absolute atomic E-state index is 12.7. The number of halogens is 3. The van der Waals surface area contributed by atoms with Crippen LogP contribution in [0, 0.1) is 0 Å². The predicted octanol–water partition coefficient (Wildman–Crippen LogP) is 3.40. The predicted molar refractivity (Wildman–Crippen MR) is 129 cm³/mol. The van der Waals surface area contributed by atoms with E-state index < -0.39 is 0 Å². The Kier molecular flexibility index (Phi) is 7.66. The molecule has 0 bridgehead atoms. The van der Waals surface area contributed by atoms with Gasteiger partial charge in [-0.05, 0) is 17.7 Å². The fourth-order valence-corrected chi connectivity index (χ4v) is 5.14. The molecule has 0 aliphatic carbocycles. The number of nitrogens with zero attached hydrogens (tertiary/aromatic N) is 4. The molecular weight excluding hydrogens is 479 g/mol. The molecule has 2 aliphatic rings. The highest BCUT2D eigenvalue weighted by Crippen LogP contribution is 2.23. The normalized spacial score (nSPS) is 19.4. The van der Waals surface area contributed by atoms with Crippen molar-refractivity contribution in [2.24, 2.45) is 0 Å². The van der Waals surface area contributed by atoms with Crippen molar-refractivity contribution in [2.75, 3.05) is 54.4 Å². The first kappa shape index (κ1) is 22.7. The van der Waals surface area contributed by atoms with Crippen molar-refractivity contribution < 1.29 is 4.79 Å². The van der Waals surface area contributed by atoms with Gasteiger partial charge in [-0.1, -0.05) is 40.9 Å². The van der Waals surface area contributed by atoms with Gasteiger partial charge < -0.3 is 20.4 Å². The van der Waals surface area contributed by atoms with Crippen molar-refractivity contribution in [1.29, 1.82) is 0 Å². The number of nitrogens with one attached hydrogen (secondary N) is 2. The van der Waals surface area contributed by atoms with Crippen molar-refractivity contribution in [3.63, 3.8) is 0 Å². The van der Waals surface area contributed by atoms with Gasteiger partial charge in [-0.25, -0.2) is 4.98 Å². The molecule has 2 saturated heterocycles. The molecular formula is C20H23Cl3N6OS. The van der Waals surface area contributed by atoms with E-state index in [1.807, 2.05) is 22.7 Å². The molecule has 1 atom stereocenters. The van der Waals surface area contributed by atoms with Crippen LogP contribution in [0.2, 0.25) is 15.2 Å². The molecule has 1 aromatic carbocycles. The minimum Gasteiger partial charge on any atom is -0.366 e. The lowest BCUT2D eigenvalue weighted by Crippen LogP contribution is -2.56. The maximum Gasteiger partial charge on any atom is 0.240 e. The second kappa shape index (κ2) is 10.4. The number of carbonyl (C=O) groups excluding carboxylic acids is 1. The standard InChI is InChI=1S/C20H23Cl3N6OS/c21-14-2-1-13(15(22)9-14)11-25-18-10-17(23)26-20(27-18)29-6-4-28(5-7-29)19(30)16-12-31-8-3-24-16/h1-2,9-10,16,24H,3-8,11-12H2,(H,25,26,27). The smallest absolute Gasteiger partial charge is 0.240 e. The van der Waals surface area contributed by atoms with Crippen LogP contribution in [0.3, 0.4) is 0 Å². The van der Waals surface area contributed by atoms with Gasteiger partial charge in [-0.3, -0.25) is 4.79 Å². The van der Waals surface area contributed by atoms with Crippen molar-refractivity contribution in [3.05, 3.63) is 45.0 Å². The van der Waals surface area contributed by atoms with Gasteiger partial charge in [0, 0.05) is 66.9 Å². The molecule has 1 amide bonds. The molecule has 2 aliphatic heterocycles. The van der Waals surface area contributed by atoms with Crippen molar-refractivity contribution in [3.8, 4) is 0 Å². The van der Waals surface area contributed by atoms with E-state index in [-0.39, 0.29) is 11.9 Å². The van der Waals surface area contributed by atoms with E-state index in [0.29, 0.717) is 59.7 Å². The lowest BCUT2D eigenvalue weighted by molar-refractivity contribution is -0.133. The van der Waals surface area contributed by atoms with Crippen LogP contribution in [0.5, 0.6) is 0 Å². The molecule has 0 saturated carbocycles. The Balaban J connectivity index is 1.36. The van der Waals surface area contributed by atoms with Crippen molar-refractivity contribution in [2.45, 2.75) is 12.6 Å². The molecule has 4 rings (SSSR count). The van der Waals surface area contributed by atoms with Gasteiger partial charge in [-0.2, -0.15) is 16.7 Å². The SMILES string of the molecule is O=C(C1CSCCN1)N1CCN(c2nc(Cl)cc(NCc3ccc(Cl)cc3Cl)n2)CC1. The molecule has 3 heterocycles. The number of hydrogen-bond acceptors (Lipinski definition) is 7. The molecule has 7 nitrogen and oxygen atoms in total. The molecule has 2 aromatic rings. The van der Waals surface area contributed by atoms with E-state index in [1.54, 1.807) is 18.2 Å². The summed E-state index contributed by atoms with van der Waals surface area (Å²) >= 11 is 20.3. The number of piperazine rings is 1. The molecule has 11 heteroatoms. The first-order valence-electron chi connectivity index (χ1n) is 10.1. The van der Waals surface area contributed by atoms with Crippen LogP contribution in [0.15, 0.2) is 24.3 Å². The molecule has 1 unspecified atom stereocenters. The molecule has 0 spiro atoms. The number of hydrogen-bond donors (Lipinski definition) is 2. The zero-order valence-electron chi connectivity index (χ0n) is 16.8. The van der Waals surface area contributed by atoms with Gasteiger partial charge in [-0.15, -0.1) is 0 Å². The van der Waals surface area contributed by atoms with Crippen LogP contribution in [0.4, 0.5) is 11.8 Å². The zero-order valence-corrected chi connectivity index (χ0v) is 19.9. The van der Waals surface area contributed by atoms with Gasteiger partial charge in [0.1, 0.15) is 11.0 Å². The van der Waals surface area contributed by atoms with Gasteiger partial charge >= 0.3 is 0 Å². The van der Waals surface area contributed by atoms with E-state index in [9.17, 15) is 4.79 Å². The van der Waals surface area contributed by atoms with E-state index in [1.165, 1.54) is 0 Å². The summed E-state index contributed by atoms with van der Waals surface area (Å²) in [6.07, 6.45) is 0. The Morgan fingerprint density at radius 2 is 1.97 bits per heavy atom. The maximum atomic E-state index is 12.7. The van der Waals surface area contributed by atoms with E-state index >= 15 is 0 Å². The lowest BCUT2D eigenvalue weighted by atomic mass is 10.2. The third-order valence-electron chi connectivity index (χ3n) is 5.25. The topological polar surface area (TPSA) is 73.4 Å². The second-order valence-electron chi connectivity index (χ2n) is 7.36. The van der Waals surface area contributed by atoms with Gasteiger partial charge in [0.05, 0.1) is 6.04 Å². The molecule has 2 fully saturated rings. The molecule has 1 aromatic heterocycles. The summed E-state index contributed by atoms with van der Waals surface area (Å²) in [5, 5.41) is 8.10. The van der Waals surface area contributed by atoms with E-state index in [2.05, 4.69) is 25.5 Å². The van der Waals surface area contributed by atoms with Crippen molar-refractivity contribution in [1.82, 2.24) is 20.2 Å². The minimum atomic E-state index is -0.0804. The fraction of sp³-hybridized carbons (Fsp3) is 0.450. The quantitative estimate of drug-likeness (QED) is 0.608. The van der Waals surface area contributed by atoms with Gasteiger partial charge in [0.25, 0.3) is 0 Å². The van der Waals surface area contributed by atoms with E-state index in [4.69, 9.17) is 34.8 Å². The molecule has 166 valence electrons. The Morgan fingerprint density at radius 3 is 2.68 bits per heavy atom. The Bertz CT molecular complexity index is 935. The Labute approximate surface area is 200 Å². The number of anilines is 2. The minimum absolute atomic E-state index is 0.0804. The number of aromatic nitrogens is 2. The van der Waals surface area contributed by atoms with Crippen LogP contribution in [-0.4, -0.2) is 71.0 Å². The molecule has 31 heavy (non-hydrogen) atoms. The first-order chi connectivity index (χ1) is 15.0. The van der Waals surface area contributed by atoms with Gasteiger partial charge in [0.2, 0.25) is 11.9 Å². The first-order valence-corrected chi connectivity index (χ1v) is 12.4. The Hall–Kier alpha value is -1.45. The fourth-order valence-electron chi connectivity index (χ4n) is 3.56. The largest absolute Gasteiger partial charge is 0.366 e. The number of thioether (sulfide) groups is 1. The van der Waals surface area contributed by atoms with Gasteiger partial charge in [0.15, 0.2) is 0 Å². The monoisotopic (exact) mass is 500 g/mol. The van der Waals surface area contributed by atoms with Crippen LogP contribution < -0.4 is 15.5 Å². The highest BCUT2D eigenvalue weighted by Gasteiger charge is 2.29. The van der Waals surface area contributed by atoms with Crippen LogP contribution in [-0.2, 0) is 11.3 Å².